The Balaban J connectivity index is 1.31. The van der Waals surface area contributed by atoms with Gasteiger partial charge in [0.15, 0.2) is 0 Å². The maximum atomic E-state index is 13.3. The molecule has 0 spiro atoms. The molecule has 0 N–H and O–H groups in total. The van der Waals surface area contributed by atoms with Crippen LogP contribution in [-0.2, 0) is 0 Å². The molecule has 3 aromatic rings. The third-order valence-corrected chi connectivity index (χ3v) is 6.97. The first-order valence-corrected chi connectivity index (χ1v) is 12.1. The summed E-state index contributed by atoms with van der Waals surface area (Å²) in [6.07, 6.45) is 5.87. The summed E-state index contributed by atoms with van der Waals surface area (Å²) in [7, 11) is 0. The monoisotopic (exact) mass is 431 g/mol. The number of hydrogen-bond donors (Lipinski definition) is 0. The Hall–Kier alpha value is -2.79. The standard InChI is InChI=1S/C27H33N3O2/c1-21-8-6-17-28(21)18-7-19-32-24-13-11-23(12-14-24)30-25-10-3-2-9-22(25)20-26(30)27(31)29-15-4-5-16-29/h2-3,9-14,20-21H,4-8,15-19H2,1H3. The lowest BCUT2D eigenvalue weighted by atomic mass is 10.2. The molecule has 32 heavy (non-hydrogen) atoms. The summed E-state index contributed by atoms with van der Waals surface area (Å²) >= 11 is 0. The largest absolute Gasteiger partial charge is 0.494 e. The summed E-state index contributed by atoms with van der Waals surface area (Å²) in [4.78, 5) is 17.8. The van der Waals surface area contributed by atoms with Crippen molar-refractivity contribution in [2.45, 2.75) is 45.1 Å². The third-order valence-electron chi connectivity index (χ3n) is 6.97. The van der Waals surface area contributed by atoms with E-state index in [4.69, 9.17) is 4.74 Å². The number of para-hydroxylation sites is 1. The van der Waals surface area contributed by atoms with Crippen LogP contribution in [0.1, 0.15) is 49.5 Å². The number of likely N-dealkylation sites (tertiary alicyclic amines) is 2. The molecule has 1 amide bonds. The number of ether oxygens (including phenoxy) is 1. The number of benzene rings is 2. The lowest BCUT2D eigenvalue weighted by Gasteiger charge is -2.20. The van der Waals surface area contributed by atoms with Gasteiger partial charge in [0.2, 0.25) is 0 Å². The molecule has 2 aliphatic heterocycles. The van der Waals surface area contributed by atoms with Gasteiger partial charge in [-0.2, -0.15) is 0 Å². The first-order chi connectivity index (χ1) is 15.7. The van der Waals surface area contributed by atoms with Crippen molar-refractivity contribution in [2.75, 3.05) is 32.8 Å². The number of amides is 1. The predicted molar refractivity (Wildman–Crippen MR) is 129 cm³/mol. The number of rotatable bonds is 7. The smallest absolute Gasteiger partial charge is 0.270 e. The molecule has 0 radical (unpaired) electrons. The van der Waals surface area contributed by atoms with E-state index in [1.54, 1.807) is 0 Å². The summed E-state index contributed by atoms with van der Waals surface area (Å²) in [5.74, 6) is 1.00. The van der Waals surface area contributed by atoms with E-state index >= 15 is 0 Å². The van der Waals surface area contributed by atoms with E-state index in [2.05, 4.69) is 40.7 Å². The van der Waals surface area contributed by atoms with Gasteiger partial charge in [0.1, 0.15) is 11.4 Å². The second-order valence-corrected chi connectivity index (χ2v) is 9.15. The van der Waals surface area contributed by atoms with Crippen molar-refractivity contribution in [3.63, 3.8) is 0 Å². The average Bonchev–Trinajstić information content (AvgIpc) is 3.57. The van der Waals surface area contributed by atoms with E-state index in [1.807, 2.05) is 35.2 Å². The summed E-state index contributed by atoms with van der Waals surface area (Å²) in [5, 5.41) is 1.09. The summed E-state index contributed by atoms with van der Waals surface area (Å²) in [6.45, 7) is 7.08. The number of aromatic nitrogens is 1. The zero-order valence-corrected chi connectivity index (χ0v) is 19.0. The Bertz CT molecular complexity index is 1070. The molecule has 0 aliphatic carbocycles. The van der Waals surface area contributed by atoms with Crippen LogP contribution in [0.5, 0.6) is 5.75 Å². The molecule has 5 nitrogen and oxygen atoms in total. The van der Waals surface area contributed by atoms with Crippen LogP contribution in [0.2, 0.25) is 0 Å². The molecule has 5 heteroatoms. The van der Waals surface area contributed by atoms with Crippen molar-refractivity contribution >= 4 is 16.8 Å². The minimum Gasteiger partial charge on any atom is -0.494 e. The summed E-state index contributed by atoms with van der Waals surface area (Å²) in [5.41, 5.74) is 2.79. The van der Waals surface area contributed by atoms with Crippen molar-refractivity contribution in [3.8, 4) is 11.4 Å². The molecule has 2 fully saturated rings. The van der Waals surface area contributed by atoms with E-state index in [0.717, 1.165) is 73.5 Å². The minimum absolute atomic E-state index is 0.121. The fourth-order valence-electron chi connectivity index (χ4n) is 5.15. The van der Waals surface area contributed by atoms with Crippen LogP contribution in [0.3, 0.4) is 0 Å². The highest BCUT2D eigenvalue weighted by Crippen LogP contribution is 2.27. The molecule has 0 saturated carbocycles. The van der Waals surface area contributed by atoms with Crippen LogP contribution in [-0.4, -0.2) is 59.1 Å². The van der Waals surface area contributed by atoms with Gasteiger partial charge in [-0.25, -0.2) is 0 Å². The topological polar surface area (TPSA) is 37.7 Å². The average molecular weight is 432 g/mol. The van der Waals surface area contributed by atoms with E-state index in [-0.39, 0.29) is 5.91 Å². The maximum Gasteiger partial charge on any atom is 0.270 e. The predicted octanol–water partition coefficient (Wildman–Crippen LogP) is 5.12. The van der Waals surface area contributed by atoms with Gasteiger partial charge in [-0.1, -0.05) is 18.2 Å². The van der Waals surface area contributed by atoms with Crippen molar-refractivity contribution in [2.24, 2.45) is 0 Å². The quantitative estimate of drug-likeness (QED) is 0.487. The zero-order valence-electron chi connectivity index (χ0n) is 19.0. The number of carbonyl (C=O) groups excluding carboxylic acids is 1. The Morgan fingerprint density at radius 3 is 2.53 bits per heavy atom. The number of carbonyl (C=O) groups is 1. The molecule has 1 unspecified atom stereocenters. The van der Waals surface area contributed by atoms with Gasteiger partial charge in [0.25, 0.3) is 5.91 Å². The van der Waals surface area contributed by atoms with E-state index in [0.29, 0.717) is 6.04 Å². The Morgan fingerprint density at radius 2 is 1.78 bits per heavy atom. The first kappa shape index (κ1) is 21.1. The molecule has 1 aromatic heterocycles. The van der Waals surface area contributed by atoms with Crippen LogP contribution in [0, 0.1) is 0 Å². The molecular formula is C27H33N3O2. The highest BCUT2D eigenvalue weighted by atomic mass is 16.5. The van der Waals surface area contributed by atoms with Crippen LogP contribution in [0.25, 0.3) is 16.6 Å². The third kappa shape index (κ3) is 4.26. The van der Waals surface area contributed by atoms with Crippen LogP contribution >= 0.6 is 0 Å². The number of fused-ring (bicyclic) bond motifs is 1. The number of hydrogen-bond acceptors (Lipinski definition) is 3. The van der Waals surface area contributed by atoms with Gasteiger partial charge in [-0.3, -0.25) is 4.79 Å². The molecular weight excluding hydrogens is 398 g/mol. The number of nitrogens with zero attached hydrogens (tertiary/aromatic N) is 3. The Labute approximate surface area is 190 Å². The van der Waals surface area contributed by atoms with Crippen molar-refractivity contribution in [3.05, 3.63) is 60.3 Å². The molecule has 168 valence electrons. The SMILES string of the molecule is CC1CCCN1CCCOc1ccc(-n2c(C(=O)N3CCCC3)cc3ccccc32)cc1. The molecule has 1 atom stereocenters. The van der Waals surface area contributed by atoms with Gasteiger partial charge in [-0.05, 0) is 82.0 Å². The first-order valence-electron chi connectivity index (χ1n) is 12.1. The van der Waals surface area contributed by atoms with E-state index in [1.165, 1.54) is 19.4 Å². The highest BCUT2D eigenvalue weighted by Gasteiger charge is 2.24. The van der Waals surface area contributed by atoms with Crippen LogP contribution in [0.15, 0.2) is 54.6 Å². The fourth-order valence-corrected chi connectivity index (χ4v) is 5.15. The van der Waals surface area contributed by atoms with Gasteiger partial charge < -0.3 is 19.1 Å². The van der Waals surface area contributed by atoms with Gasteiger partial charge >= 0.3 is 0 Å². The molecule has 0 bridgehead atoms. The minimum atomic E-state index is 0.121. The Morgan fingerprint density at radius 1 is 1.00 bits per heavy atom. The van der Waals surface area contributed by atoms with Crippen LogP contribution in [0.4, 0.5) is 0 Å². The second-order valence-electron chi connectivity index (χ2n) is 9.15. The maximum absolute atomic E-state index is 13.3. The summed E-state index contributed by atoms with van der Waals surface area (Å²) < 4.78 is 8.10. The van der Waals surface area contributed by atoms with Gasteiger partial charge in [0, 0.05) is 36.7 Å². The fraction of sp³-hybridized carbons (Fsp3) is 0.444. The van der Waals surface area contributed by atoms with Gasteiger partial charge in [0.05, 0.1) is 12.1 Å². The van der Waals surface area contributed by atoms with E-state index in [9.17, 15) is 4.79 Å². The Kier molecular flexibility index (Phi) is 6.17. The molecule has 2 saturated heterocycles. The molecule has 2 aromatic carbocycles. The lowest BCUT2D eigenvalue weighted by Crippen LogP contribution is -2.29. The second kappa shape index (κ2) is 9.37. The van der Waals surface area contributed by atoms with Crippen molar-refractivity contribution < 1.29 is 9.53 Å². The highest BCUT2D eigenvalue weighted by molar-refractivity contribution is 6.00. The molecule has 2 aliphatic rings. The molecule has 5 rings (SSSR count). The normalized spacial score (nSPS) is 19.2. The van der Waals surface area contributed by atoms with E-state index < -0.39 is 0 Å². The zero-order chi connectivity index (χ0) is 21.9. The van der Waals surface area contributed by atoms with Crippen molar-refractivity contribution in [1.29, 1.82) is 0 Å². The lowest BCUT2D eigenvalue weighted by molar-refractivity contribution is 0.0785. The molecule has 3 heterocycles. The summed E-state index contributed by atoms with van der Waals surface area (Å²) in [6, 6.07) is 19.1. The van der Waals surface area contributed by atoms with Crippen molar-refractivity contribution in [1.82, 2.24) is 14.4 Å². The van der Waals surface area contributed by atoms with Gasteiger partial charge in [-0.15, -0.1) is 0 Å². The van der Waals surface area contributed by atoms with Crippen LogP contribution < -0.4 is 4.74 Å².